The van der Waals surface area contributed by atoms with Gasteiger partial charge in [0, 0.05) is 10.4 Å². The largest absolute Gasteiger partial charge is 0.489 e. The van der Waals surface area contributed by atoms with Crippen molar-refractivity contribution in [2.45, 2.75) is 27.4 Å². The van der Waals surface area contributed by atoms with E-state index in [1.807, 2.05) is 39.0 Å². The third kappa shape index (κ3) is 2.96. The summed E-state index contributed by atoms with van der Waals surface area (Å²) in [6.07, 6.45) is 0. The van der Waals surface area contributed by atoms with Crippen molar-refractivity contribution in [3.8, 4) is 5.75 Å². The van der Waals surface area contributed by atoms with Crippen LogP contribution in [-0.2, 0) is 6.61 Å². The van der Waals surface area contributed by atoms with E-state index in [4.69, 9.17) is 9.84 Å². The van der Waals surface area contributed by atoms with Gasteiger partial charge in [-0.05, 0) is 44.0 Å². The number of aryl methyl sites for hydroxylation is 2. The SMILES string of the molecule is Cc1cccc(OCc2cc(C(=O)O)sc2C)c1C. The number of thiophene rings is 1. The Labute approximate surface area is 116 Å². The summed E-state index contributed by atoms with van der Waals surface area (Å²) in [5, 5.41) is 8.96. The molecule has 0 saturated carbocycles. The molecule has 1 aromatic carbocycles. The summed E-state index contributed by atoms with van der Waals surface area (Å²) in [4.78, 5) is 12.3. The van der Waals surface area contributed by atoms with Crippen molar-refractivity contribution in [2.24, 2.45) is 0 Å². The Kier molecular flexibility index (Phi) is 3.90. The molecule has 0 atom stereocenters. The second kappa shape index (κ2) is 5.45. The molecule has 1 heterocycles. The van der Waals surface area contributed by atoms with Gasteiger partial charge in [0.15, 0.2) is 0 Å². The molecule has 0 saturated heterocycles. The molecule has 2 aromatic rings. The molecule has 0 radical (unpaired) electrons. The number of benzene rings is 1. The van der Waals surface area contributed by atoms with Gasteiger partial charge in [-0.1, -0.05) is 12.1 Å². The van der Waals surface area contributed by atoms with Gasteiger partial charge in [-0.3, -0.25) is 0 Å². The van der Waals surface area contributed by atoms with E-state index in [-0.39, 0.29) is 0 Å². The van der Waals surface area contributed by atoms with Gasteiger partial charge in [0.05, 0.1) is 0 Å². The van der Waals surface area contributed by atoms with Crippen LogP contribution in [0.1, 0.15) is 31.2 Å². The van der Waals surface area contributed by atoms with Crippen LogP contribution in [-0.4, -0.2) is 11.1 Å². The number of hydrogen-bond acceptors (Lipinski definition) is 3. The van der Waals surface area contributed by atoms with Crippen LogP contribution in [0.15, 0.2) is 24.3 Å². The summed E-state index contributed by atoms with van der Waals surface area (Å²) >= 11 is 1.29. The van der Waals surface area contributed by atoms with Crippen molar-refractivity contribution in [2.75, 3.05) is 0 Å². The maximum absolute atomic E-state index is 10.9. The zero-order valence-electron chi connectivity index (χ0n) is 11.2. The standard InChI is InChI=1S/C15H16O3S/c1-9-5-4-6-13(10(9)2)18-8-12-7-14(15(16)17)19-11(12)3/h4-7H,8H2,1-3H3,(H,16,17). The maximum Gasteiger partial charge on any atom is 0.345 e. The van der Waals surface area contributed by atoms with Gasteiger partial charge in [0.25, 0.3) is 0 Å². The minimum Gasteiger partial charge on any atom is -0.489 e. The lowest BCUT2D eigenvalue weighted by Gasteiger charge is -2.10. The number of carboxylic acids is 1. The summed E-state index contributed by atoms with van der Waals surface area (Å²) in [6.45, 7) is 6.38. The molecule has 0 spiro atoms. The Morgan fingerprint density at radius 3 is 2.68 bits per heavy atom. The lowest BCUT2D eigenvalue weighted by atomic mass is 10.1. The second-order valence-corrected chi connectivity index (χ2v) is 5.74. The molecule has 0 fully saturated rings. The summed E-state index contributed by atoms with van der Waals surface area (Å²) in [5.74, 6) is -0.0337. The van der Waals surface area contributed by atoms with Gasteiger partial charge < -0.3 is 9.84 Å². The van der Waals surface area contributed by atoms with Crippen molar-refractivity contribution in [1.82, 2.24) is 0 Å². The average Bonchev–Trinajstić information content (AvgIpc) is 2.73. The molecule has 1 aromatic heterocycles. The quantitative estimate of drug-likeness (QED) is 0.919. The molecule has 0 aliphatic heterocycles. The smallest absolute Gasteiger partial charge is 0.345 e. The predicted octanol–water partition coefficient (Wildman–Crippen LogP) is 3.95. The first-order valence-electron chi connectivity index (χ1n) is 6.00. The molecule has 19 heavy (non-hydrogen) atoms. The minimum atomic E-state index is -0.883. The van der Waals surface area contributed by atoms with Crippen molar-refractivity contribution >= 4 is 17.3 Å². The van der Waals surface area contributed by atoms with Crippen LogP contribution in [0.3, 0.4) is 0 Å². The number of rotatable bonds is 4. The normalized spacial score (nSPS) is 10.5. The number of carboxylic acid groups (broad SMARTS) is 1. The fourth-order valence-corrected chi connectivity index (χ4v) is 2.67. The van der Waals surface area contributed by atoms with E-state index in [2.05, 4.69) is 0 Å². The Bertz CT molecular complexity index is 614. The zero-order valence-corrected chi connectivity index (χ0v) is 12.0. The average molecular weight is 276 g/mol. The van der Waals surface area contributed by atoms with E-state index in [0.717, 1.165) is 21.8 Å². The van der Waals surface area contributed by atoms with Gasteiger partial charge in [-0.2, -0.15) is 0 Å². The number of aromatic carboxylic acids is 1. The summed E-state index contributed by atoms with van der Waals surface area (Å²) < 4.78 is 5.79. The molecule has 0 unspecified atom stereocenters. The number of carbonyl (C=O) groups is 1. The first kappa shape index (κ1) is 13.6. The van der Waals surface area contributed by atoms with Gasteiger partial charge in [-0.15, -0.1) is 11.3 Å². The summed E-state index contributed by atoms with van der Waals surface area (Å²) in [7, 11) is 0. The highest BCUT2D eigenvalue weighted by Gasteiger charge is 2.12. The second-order valence-electron chi connectivity index (χ2n) is 4.48. The molecule has 0 bridgehead atoms. The third-order valence-corrected chi connectivity index (χ3v) is 4.25. The molecule has 0 aliphatic rings. The topological polar surface area (TPSA) is 46.5 Å². The van der Waals surface area contributed by atoms with Crippen molar-refractivity contribution in [3.05, 3.63) is 50.7 Å². The van der Waals surface area contributed by atoms with Gasteiger partial charge in [-0.25, -0.2) is 4.79 Å². The van der Waals surface area contributed by atoms with Gasteiger partial charge in [0.1, 0.15) is 17.2 Å². The Morgan fingerprint density at radius 1 is 1.32 bits per heavy atom. The van der Waals surface area contributed by atoms with Gasteiger partial charge >= 0.3 is 5.97 Å². The number of hydrogen-bond donors (Lipinski definition) is 1. The Balaban J connectivity index is 2.14. The molecular weight excluding hydrogens is 260 g/mol. The van der Waals surface area contributed by atoms with E-state index in [1.165, 1.54) is 16.9 Å². The van der Waals surface area contributed by atoms with E-state index >= 15 is 0 Å². The summed E-state index contributed by atoms with van der Waals surface area (Å²) in [6, 6.07) is 7.62. The van der Waals surface area contributed by atoms with E-state index in [0.29, 0.717) is 11.5 Å². The zero-order chi connectivity index (χ0) is 14.0. The molecule has 1 N–H and O–H groups in total. The summed E-state index contributed by atoms with van der Waals surface area (Å²) in [5.41, 5.74) is 3.24. The third-order valence-electron chi connectivity index (χ3n) is 3.17. The Morgan fingerprint density at radius 2 is 2.05 bits per heavy atom. The van der Waals surface area contributed by atoms with Crippen molar-refractivity contribution < 1.29 is 14.6 Å². The molecule has 0 aliphatic carbocycles. The fourth-order valence-electron chi connectivity index (χ4n) is 1.80. The lowest BCUT2D eigenvalue weighted by Crippen LogP contribution is -1.98. The van der Waals surface area contributed by atoms with Crippen LogP contribution in [0.5, 0.6) is 5.75 Å². The fraction of sp³-hybridized carbons (Fsp3) is 0.267. The highest BCUT2D eigenvalue weighted by atomic mass is 32.1. The molecule has 4 heteroatoms. The number of ether oxygens (including phenoxy) is 1. The van der Waals surface area contributed by atoms with Crippen LogP contribution in [0, 0.1) is 20.8 Å². The van der Waals surface area contributed by atoms with Crippen molar-refractivity contribution in [3.63, 3.8) is 0 Å². The van der Waals surface area contributed by atoms with Crippen LogP contribution >= 0.6 is 11.3 Å². The molecular formula is C15H16O3S. The minimum absolute atomic E-state index is 0.358. The lowest BCUT2D eigenvalue weighted by molar-refractivity contribution is 0.0702. The maximum atomic E-state index is 10.9. The Hall–Kier alpha value is -1.81. The first-order valence-corrected chi connectivity index (χ1v) is 6.82. The highest BCUT2D eigenvalue weighted by molar-refractivity contribution is 7.14. The van der Waals surface area contributed by atoms with E-state index < -0.39 is 5.97 Å². The monoisotopic (exact) mass is 276 g/mol. The van der Waals surface area contributed by atoms with Crippen LogP contribution < -0.4 is 4.74 Å². The van der Waals surface area contributed by atoms with E-state index in [1.54, 1.807) is 6.07 Å². The molecule has 2 rings (SSSR count). The highest BCUT2D eigenvalue weighted by Crippen LogP contribution is 2.25. The molecule has 0 amide bonds. The van der Waals surface area contributed by atoms with Crippen LogP contribution in [0.25, 0.3) is 0 Å². The van der Waals surface area contributed by atoms with E-state index in [9.17, 15) is 4.79 Å². The molecule has 100 valence electrons. The van der Waals surface area contributed by atoms with Crippen molar-refractivity contribution in [1.29, 1.82) is 0 Å². The van der Waals surface area contributed by atoms with Crippen LogP contribution in [0.2, 0.25) is 0 Å². The molecule has 3 nitrogen and oxygen atoms in total. The predicted molar refractivity (Wildman–Crippen MR) is 76.3 cm³/mol. The van der Waals surface area contributed by atoms with Gasteiger partial charge in [0.2, 0.25) is 0 Å². The van der Waals surface area contributed by atoms with Crippen LogP contribution in [0.4, 0.5) is 0 Å². The first-order chi connectivity index (χ1) is 8.99.